The number of ether oxygens (including phenoxy) is 1. The maximum atomic E-state index is 10.4. The van der Waals surface area contributed by atoms with Crippen molar-refractivity contribution in [3.63, 3.8) is 0 Å². The van der Waals surface area contributed by atoms with Gasteiger partial charge in [0.2, 0.25) is 0 Å². The zero-order valence-electron chi connectivity index (χ0n) is 14.7. The first-order valence-electron chi connectivity index (χ1n) is 8.59. The molecule has 1 saturated heterocycles. The number of imidazole rings is 1. The first-order chi connectivity index (χ1) is 12.5. The molecule has 144 valence electrons. The van der Waals surface area contributed by atoms with Crippen LogP contribution >= 0.6 is 0 Å². The number of aliphatic hydroxyl groups is 2. The van der Waals surface area contributed by atoms with E-state index >= 15 is 0 Å². The van der Waals surface area contributed by atoms with Crippen molar-refractivity contribution >= 4 is 17.0 Å². The minimum Gasteiger partial charge on any atom is -0.387 e. The third kappa shape index (κ3) is 3.77. The monoisotopic (exact) mass is 366 g/mol. The Hall–Kier alpha value is -1.89. The summed E-state index contributed by atoms with van der Waals surface area (Å²) < 4.78 is 7.50. The summed E-state index contributed by atoms with van der Waals surface area (Å²) in [5, 5.41) is 20.8. The number of fused-ring (bicyclic) bond motifs is 1. The highest BCUT2D eigenvalue weighted by Gasteiger charge is 2.44. The van der Waals surface area contributed by atoms with Gasteiger partial charge in [-0.25, -0.2) is 15.0 Å². The summed E-state index contributed by atoms with van der Waals surface area (Å²) in [5.41, 5.74) is 9.31. The van der Waals surface area contributed by atoms with Crippen LogP contribution in [0.5, 0.6) is 0 Å². The number of nitrogens with one attached hydrogen (secondary N) is 1. The Morgan fingerprint density at radius 3 is 2.85 bits per heavy atom. The number of aromatic nitrogens is 4. The lowest BCUT2D eigenvalue weighted by atomic mass is 10.1. The molecule has 0 aromatic carbocycles. The van der Waals surface area contributed by atoms with Crippen LogP contribution in [0.4, 0.5) is 5.82 Å². The number of hydrogen-bond donors (Lipinski definition) is 5. The molecule has 11 nitrogen and oxygen atoms in total. The van der Waals surface area contributed by atoms with Gasteiger partial charge in [-0.1, -0.05) is 0 Å². The second-order valence-electron chi connectivity index (χ2n) is 6.55. The molecule has 0 saturated carbocycles. The van der Waals surface area contributed by atoms with Gasteiger partial charge in [-0.05, 0) is 26.4 Å². The molecule has 3 rings (SSSR count). The topological polar surface area (TPSA) is 161 Å². The van der Waals surface area contributed by atoms with Gasteiger partial charge >= 0.3 is 0 Å². The molecule has 26 heavy (non-hydrogen) atoms. The van der Waals surface area contributed by atoms with Crippen LogP contribution < -0.4 is 17.0 Å². The number of nitrogens with zero attached hydrogens (tertiary/aromatic N) is 5. The summed E-state index contributed by atoms with van der Waals surface area (Å²) in [7, 11) is 1.95. The van der Waals surface area contributed by atoms with Crippen molar-refractivity contribution in [1.29, 1.82) is 0 Å². The van der Waals surface area contributed by atoms with Crippen LogP contribution in [0.2, 0.25) is 0 Å². The van der Waals surface area contributed by atoms with Crippen molar-refractivity contribution in [3.8, 4) is 0 Å². The smallest absolute Gasteiger partial charge is 0.167 e. The third-order valence-electron chi connectivity index (χ3n) is 4.60. The van der Waals surface area contributed by atoms with Crippen LogP contribution in [0.15, 0.2) is 12.7 Å². The van der Waals surface area contributed by atoms with Crippen LogP contribution in [0.25, 0.3) is 11.2 Å². The molecular formula is C15H26N8O3. The van der Waals surface area contributed by atoms with Crippen LogP contribution in [0, 0.1) is 0 Å². The molecule has 0 spiro atoms. The van der Waals surface area contributed by atoms with Crippen LogP contribution in [-0.2, 0) is 4.74 Å². The molecule has 4 atom stereocenters. The number of likely N-dealkylation sites (N-methyl/N-ethyl adjacent to an activating group) is 1. The Morgan fingerprint density at radius 1 is 1.27 bits per heavy atom. The van der Waals surface area contributed by atoms with E-state index in [4.69, 9.17) is 16.3 Å². The van der Waals surface area contributed by atoms with E-state index < -0.39 is 24.5 Å². The third-order valence-corrected chi connectivity index (χ3v) is 4.60. The summed E-state index contributed by atoms with van der Waals surface area (Å²) >= 11 is 0. The summed E-state index contributed by atoms with van der Waals surface area (Å²) in [5.74, 6) is 5.51. The molecule has 0 radical (unpaired) electrons. The van der Waals surface area contributed by atoms with E-state index in [-0.39, 0.29) is 5.82 Å². The fraction of sp³-hybridized carbons (Fsp3) is 0.667. The zero-order valence-corrected chi connectivity index (χ0v) is 14.7. The molecule has 1 fully saturated rings. The van der Waals surface area contributed by atoms with Crippen molar-refractivity contribution in [1.82, 2.24) is 29.8 Å². The molecule has 0 unspecified atom stereocenters. The first kappa shape index (κ1) is 18.9. The standard InChI is InChI=1S/C15H26N8O3/c1-22(5-3-2-4-21-17)6-9-11(24)12(25)15(26-9)23-8-20-10-13(16)18-7-19-14(10)23/h7-9,11-12,15,21,24-25H,2-6,17H2,1H3,(H2,16,18,19)/t9-,11-,12-,15-/m1/s1. The molecule has 0 aliphatic carbocycles. The fourth-order valence-corrected chi connectivity index (χ4v) is 3.17. The van der Waals surface area contributed by atoms with E-state index in [9.17, 15) is 10.2 Å². The largest absolute Gasteiger partial charge is 0.387 e. The summed E-state index contributed by atoms with van der Waals surface area (Å²) in [4.78, 5) is 14.3. The van der Waals surface area contributed by atoms with Crippen molar-refractivity contribution in [2.75, 3.05) is 32.4 Å². The molecule has 11 heteroatoms. The highest BCUT2D eigenvalue weighted by molar-refractivity contribution is 5.81. The van der Waals surface area contributed by atoms with E-state index in [0.717, 1.165) is 25.9 Å². The van der Waals surface area contributed by atoms with Gasteiger partial charge in [-0.15, -0.1) is 0 Å². The minimum absolute atomic E-state index is 0.255. The lowest BCUT2D eigenvalue weighted by Crippen LogP contribution is -2.39. The van der Waals surface area contributed by atoms with Crippen molar-refractivity contribution < 1.29 is 14.9 Å². The molecule has 2 aromatic rings. The van der Waals surface area contributed by atoms with Gasteiger partial charge in [0, 0.05) is 13.1 Å². The van der Waals surface area contributed by atoms with Gasteiger partial charge in [0.05, 0.1) is 6.33 Å². The lowest BCUT2D eigenvalue weighted by molar-refractivity contribution is -0.0422. The highest BCUT2D eigenvalue weighted by atomic mass is 16.6. The van der Waals surface area contributed by atoms with Crippen molar-refractivity contribution in [2.24, 2.45) is 5.84 Å². The van der Waals surface area contributed by atoms with Gasteiger partial charge < -0.3 is 25.6 Å². The van der Waals surface area contributed by atoms with E-state index in [0.29, 0.717) is 17.7 Å². The zero-order chi connectivity index (χ0) is 18.7. The SMILES string of the molecule is CN(CCCCNN)C[C@H]1O[C@@H](n2cnc3c(N)ncnc32)[C@H](O)[C@@H]1O. The molecular weight excluding hydrogens is 340 g/mol. The maximum absolute atomic E-state index is 10.4. The average molecular weight is 366 g/mol. The molecule has 3 heterocycles. The normalized spacial score (nSPS) is 26.2. The average Bonchev–Trinajstić information content (AvgIpc) is 3.16. The Bertz CT molecular complexity index is 726. The van der Waals surface area contributed by atoms with E-state index in [1.54, 1.807) is 4.57 Å². The number of hydrogen-bond acceptors (Lipinski definition) is 10. The van der Waals surface area contributed by atoms with Crippen molar-refractivity contribution in [2.45, 2.75) is 37.4 Å². The van der Waals surface area contributed by atoms with E-state index in [1.165, 1.54) is 12.7 Å². The predicted molar refractivity (Wildman–Crippen MR) is 94.6 cm³/mol. The van der Waals surface area contributed by atoms with Gasteiger partial charge in [-0.2, -0.15) is 0 Å². The summed E-state index contributed by atoms with van der Waals surface area (Å²) in [6, 6.07) is 0. The Labute approximate surface area is 150 Å². The van der Waals surface area contributed by atoms with Gasteiger partial charge in [0.15, 0.2) is 17.7 Å². The first-order valence-corrected chi connectivity index (χ1v) is 8.59. The molecule has 7 N–H and O–H groups in total. The molecule has 1 aliphatic heterocycles. The predicted octanol–water partition coefficient (Wildman–Crippen LogP) is -1.80. The lowest BCUT2D eigenvalue weighted by Gasteiger charge is -2.22. The second kappa shape index (κ2) is 8.20. The van der Waals surface area contributed by atoms with Gasteiger partial charge in [0.25, 0.3) is 0 Å². The molecule has 0 bridgehead atoms. The Balaban J connectivity index is 1.66. The Kier molecular flexibility index (Phi) is 5.96. The van der Waals surface area contributed by atoms with Gasteiger partial charge in [-0.3, -0.25) is 15.8 Å². The van der Waals surface area contributed by atoms with Crippen LogP contribution in [0.1, 0.15) is 19.1 Å². The molecule has 2 aromatic heterocycles. The van der Waals surface area contributed by atoms with E-state index in [1.807, 2.05) is 7.05 Å². The maximum Gasteiger partial charge on any atom is 0.167 e. The quantitative estimate of drug-likeness (QED) is 0.205. The number of nitrogen functional groups attached to an aromatic ring is 1. The van der Waals surface area contributed by atoms with Crippen LogP contribution in [-0.4, -0.2) is 79.6 Å². The number of aliphatic hydroxyl groups excluding tert-OH is 2. The van der Waals surface area contributed by atoms with Gasteiger partial charge in [0.1, 0.15) is 30.2 Å². The van der Waals surface area contributed by atoms with Crippen molar-refractivity contribution in [3.05, 3.63) is 12.7 Å². The second-order valence-corrected chi connectivity index (χ2v) is 6.55. The minimum atomic E-state index is -1.09. The highest BCUT2D eigenvalue weighted by Crippen LogP contribution is 2.32. The number of hydrazine groups is 1. The number of rotatable bonds is 8. The number of unbranched alkanes of at least 4 members (excludes halogenated alkanes) is 1. The Morgan fingerprint density at radius 2 is 2.08 bits per heavy atom. The summed E-state index contributed by atoms with van der Waals surface area (Å²) in [6.07, 6.45) is 1.33. The molecule has 0 amide bonds. The number of anilines is 1. The summed E-state index contributed by atoms with van der Waals surface area (Å²) in [6.45, 7) is 2.09. The van der Waals surface area contributed by atoms with Crippen LogP contribution in [0.3, 0.4) is 0 Å². The fourth-order valence-electron chi connectivity index (χ4n) is 3.17. The molecule has 1 aliphatic rings. The van der Waals surface area contributed by atoms with E-state index in [2.05, 4.69) is 25.3 Å². The number of nitrogens with two attached hydrogens (primary N) is 2.